The van der Waals surface area contributed by atoms with Gasteiger partial charge in [0.25, 0.3) is 0 Å². The van der Waals surface area contributed by atoms with Crippen molar-refractivity contribution < 1.29 is 71.6 Å². The number of ether oxygens (including phenoxy) is 4. The molecule has 52 heavy (non-hydrogen) atoms. The highest BCUT2D eigenvalue weighted by atomic mass is 19.4. The van der Waals surface area contributed by atoms with E-state index in [4.69, 9.17) is 9.47 Å². The lowest BCUT2D eigenvalue weighted by molar-refractivity contribution is -0.432. The van der Waals surface area contributed by atoms with Gasteiger partial charge in [-0.05, 0) is 48.4 Å². The summed E-state index contributed by atoms with van der Waals surface area (Å²) in [5.41, 5.74) is -5.35. The molecule has 2 fully saturated rings. The van der Waals surface area contributed by atoms with Crippen LogP contribution < -0.4 is 4.74 Å². The first-order valence-electron chi connectivity index (χ1n) is 16.6. The SMILES string of the molecule is CCCCCC1CCC(C2COC(c3ccc(-c4cc(F)c(C(F)(F)Oc5cc(F)c(C(F)(F)OC(F)(F)F)c(F)c5)c(F)c4)c(F)c3)OC2)CC1. The summed E-state index contributed by atoms with van der Waals surface area (Å²) in [4.78, 5) is 0. The predicted molar refractivity (Wildman–Crippen MR) is 161 cm³/mol. The van der Waals surface area contributed by atoms with Gasteiger partial charge in [0.05, 0.1) is 13.2 Å². The number of hydrogen-bond acceptors (Lipinski definition) is 4. The minimum atomic E-state index is -6.05. The van der Waals surface area contributed by atoms with Crippen LogP contribution in [0.1, 0.15) is 81.3 Å². The van der Waals surface area contributed by atoms with E-state index >= 15 is 4.39 Å². The molecule has 0 atom stereocenters. The fraction of sp³-hybridized carbons (Fsp3) is 0.500. The van der Waals surface area contributed by atoms with Crippen molar-refractivity contribution in [2.24, 2.45) is 17.8 Å². The maximum Gasteiger partial charge on any atom is 0.527 e. The van der Waals surface area contributed by atoms with Gasteiger partial charge in [0, 0.05) is 29.2 Å². The minimum Gasteiger partial charge on any atom is -0.429 e. The van der Waals surface area contributed by atoms with Crippen LogP contribution in [0.2, 0.25) is 0 Å². The molecule has 4 nitrogen and oxygen atoms in total. The zero-order chi connectivity index (χ0) is 38.0. The summed E-state index contributed by atoms with van der Waals surface area (Å²) in [7, 11) is 0. The molecule has 1 aliphatic carbocycles. The van der Waals surface area contributed by atoms with Crippen molar-refractivity contribution in [2.45, 2.75) is 83.2 Å². The number of rotatable bonds is 12. The highest BCUT2D eigenvalue weighted by Gasteiger charge is 2.50. The number of hydrogen-bond donors (Lipinski definition) is 0. The second kappa shape index (κ2) is 15.8. The molecule has 1 heterocycles. The molecule has 1 aliphatic heterocycles. The molecule has 3 aromatic rings. The monoisotopic (exact) mass is 758 g/mol. The van der Waals surface area contributed by atoms with Gasteiger partial charge in [-0.3, -0.25) is 0 Å². The maximum atomic E-state index is 15.3. The number of halogens is 12. The van der Waals surface area contributed by atoms with Crippen molar-refractivity contribution in [3.8, 4) is 16.9 Å². The van der Waals surface area contributed by atoms with Crippen LogP contribution in [0, 0.1) is 46.8 Å². The van der Waals surface area contributed by atoms with Crippen LogP contribution in [0.4, 0.5) is 52.7 Å². The van der Waals surface area contributed by atoms with E-state index in [2.05, 4.69) is 16.4 Å². The molecule has 0 unspecified atom stereocenters. The minimum absolute atomic E-state index is 0.184. The Hall–Kier alpha value is -3.50. The Bertz CT molecular complexity index is 1650. The molecule has 1 saturated heterocycles. The summed E-state index contributed by atoms with van der Waals surface area (Å²) in [6, 6.07) is 3.48. The summed E-state index contributed by atoms with van der Waals surface area (Å²) in [6.07, 6.45) is -8.23. The van der Waals surface area contributed by atoms with E-state index in [1.807, 2.05) is 0 Å². The van der Waals surface area contributed by atoms with Gasteiger partial charge < -0.3 is 14.2 Å². The zero-order valence-electron chi connectivity index (χ0n) is 27.6. The standard InChI is InChI=1S/C36H34F12O4/c1-2-3-4-5-19-6-8-20(9-7-19)23-17-49-33(50-18-23)21-10-11-25(26(37)12-21)22-13-27(38)31(28(39)14-22)34(42,43)51-24-15-29(40)32(30(41)16-24)35(44,45)52-36(46,47)48/h10-16,19-20,23,33H,2-9,17-18H2,1H3. The van der Waals surface area contributed by atoms with Crippen LogP contribution in [-0.2, 0) is 26.4 Å². The highest BCUT2D eigenvalue weighted by Crippen LogP contribution is 2.43. The van der Waals surface area contributed by atoms with Crippen molar-refractivity contribution in [3.63, 3.8) is 0 Å². The van der Waals surface area contributed by atoms with Crippen molar-refractivity contribution in [3.05, 3.63) is 88.2 Å². The third-order valence-corrected chi connectivity index (χ3v) is 9.40. The molecule has 5 rings (SSSR count). The van der Waals surface area contributed by atoms with Gasteiger partial charge in [0.2, 0.25) is 0 Å². The lowest BCUT2D eigenvalue weighted by Gasteiger charge is -2.38. The molecule has 3 aromatic carbocycles. The molecule has 0 aromatic heterocycles. The van der Waals surface area contributed by atoms with Crippen molar-refractivity contribution in [1.29, 1.82) is 0 Å². The first-order chi connectivity index (χ1) is 24.4. The van der Waals surface area contributed by atoms with E-state index in [0.717, 1.165) is 30.9 Å². The van der Waals surface area contributed by atoms with Crippen molar-refractivity contribution in [2.75, 3.05) is 13.2 Å². The van der Waals surface area contributed by atoms with Crippen LogP contribution in [0.5, 0.6) is 5.75 Å². The van der Waals surface area contributed by atoms with Crippen LogP contribution in [0.3, 0.4) is 0 Å². The van der Waals surface area contributed by atoms with E-state index in [-0.39, 0.29) is 23.6 Å². The van der Waals surface area contributed by atoms with Gasteiger partial charge >= 0.3 is 18.6 Å². The molecule has 0 bridgehead atoms. The van der Waals surface area contributed by atoms with Gasteiger partial charge in [-0.1, -0.05) is 57.6 Å². The Kier molecular flexibility index (Phi) is 12.1. The number of alkyl halides is 7. The van der Waals surface area contributed by atoms with Gasteiger partial charge in [-0.15, -0.1) is 13.2 Å². The van der Waals surface area contributed by atoms with Crippen molar-refractivity contribution >= 4 is 0 Å². The van der Waals surface area contributed by atoms with E-state index < -0.39 is 82.0 Å². The average molecular weight is 759 g/mol. The molecule has 16 heteroatoms. The molecule has 1 saturated carbocycles. The van der Waals surface area contributed by atoms with E-state index in [1.165, 1.54) is 44.6 Å². The normalized spacial score (nSPS) is 21.7. The summed E-state index contributed by atoms with van der Waals surface area (Å²) in [5, 5.41) is 0. The van der Waals surface area contributed by atoms with E-state index in [1.54, 1.807) is 0 Å². The third kappa shape index (κ3) is 9.34. The molecular weight excluding hydrogens is 724 g/mol. The molecule has 0 spiro atoms. The fourth-order valence-electron chi connectivity index (χ4n) is 6.82. The average Bonchev–Trinajstić information content (AvgIpc) is 3.03. The zero-order valence-corrected chi connectivity index (χ0v) is 27.6. The van der Waals surface area contributed by atoms with E-state index in [0.29, 0.717) is 31.3 Å². The molecule has 0 N–H and O–H groups in total. The van der Waals surface area contributed by atoms with Gasteiger partial charge in [0.1, 0.15) is 46.0 Å². The summed E-state index contributed by atoms with van der Waals surface area (Å²) >= 11 is 0. The van der Waals surface area contributed by atoms with Crippen LogP contribution >= 0.6 is 0 Å². The molecular formula is C36H34F12O4. The Morgan fingerprint density at radius 3 is 1.75 bits per heavy atom. The second-order valence-electron chi connectivity index (χ2n) is 13.0. The second-order valence-corrected chi connectivity index (χ2v) is 13.0. The van der Waals surface area contributed by atoms with Crippen LogP contribution in [-0.4, -0.2) is 19.6 Å². The quantitative estimate of drug-likeness (QED) is 0.136. The van der Waals surface area contributed by atoms with Crippen molar-refractivity contribution in [1.82, 2.24) is 0 Å². The first-order valence-corrected chi connectivity index (χ1v) is 16.6. The summed E-state index contributed by atoms with van der Waals surface area (Å²) < 4.78 is 186. The maximum absolute atomic E-state index is 15.3. The van der Waals surface area contributed by atoms with Crippen LogP contribution in [0.15, 0.2) is 42.5 Å². The fourth-order valence-corrected chi connectivity index (χ4v) is 6.82. The van der Waals surface area contributed by atoms with E-state index in [9.17, 15) is 48.3 Å². The largest absolute Gasteiger partial charge is 0.527 e. The first kappa shape index (κ1) is 39.7. The molecule has 0 radical (unpaired) electrons. The molecule has 286 valence electrons. The molecule has 0 amide bonds. The lowest BCUT2D eigenvalue weighted by atomic mass is 9.74. The van der Waals surface area contributed by atoms with Gasteiger partial charge in [-0.25, -0.2) is 26.7 Å². The number of unbranched alkanes of at least 4 members (excludes halogenated alkanes) is 2. The predicted octanol–water partition coefficient (Wildman–Crippen LogP) is 11.8. The lowest BCUT2D eigenvalue weighted by Crippen LogP contribution is -2.34. The van der Waals surface area contributed by atoms with Crippen LogP contribution in [0.25, 0.3) is 11.1 Å². The molecule has 2 aliphatic rings. The van der Waals surface area contributed by atoms with Gasteiger partial charge in [-0.2, -0.15) is 17.6 Å². The third-order valence-electron chi connectivity index (χ3n) is 9.40. The topological polar surface area (TPSA) is 36.9 Å². The Morgan fingerprint density at radius 2 is 1.21 bits per heavy atom. The Morgan fingerprint density at radius 1 is 0.654 bits per heavy atom. The van der Waals surface area contributed by atoms with Gasteiger partial charge in [0.15, 0.2) is 6.29 Å². The summed E-state index contributed by atoms with van der Waals surface area (Å²) in [5.74, 6) is -10.2. The number of benzene rings is 3. The smallest absolute Gasteiger partial charge is 0.429 e. The highest BCUT2D eigenvalue weighted by molar-refractivity contribution is 5.65. The Balaban J connectivity index is 1.24. The summed E-state index contributed by atoms with van der Waals surface area (Å²) in [6.45, 7) is 2.98. The Labute approximate surface area is 291 Å².